The first-order valence-corrected chi connectivity index (χ1v) is 6.67. The molecule has 0 fully saturated rings. The Morgan fingerprint density at radius 2 is 2.11 bits per heavy atom. The van der Waals surface area contributed by atoms with E-state index in [2.05, 4.69) is 0 Å². The molecule has 1 rings (SSSR count). The summed E-state index contributed by atoms with van der Waals surface area (Å²) in [7, 11) is 0. The van der Waals surface area contributed by atoms with Crippen LogP contribution in [0.1, 0.15) is 43.2 Å². The van der Waals surface area contributed by atoms with Gasteiger partial charge in [0, 0.05) is 12.3 Å². The molecule has 1 aromatic carbocycles. The summed E-state index contributed by atoms with van der Waals surface area (Å²) in [6.45, 7) is 4.15. The topological polar surface area (TPSA) is 52.3 Å². The molecule has 2 unspecified atom stereocenters. The molecule has 0 spiro atoms. The van der Waals surface area contributed by atoms with Gasteiger partial charge in [0.1, 0.15) is 0 Å². The summed E-state index contributed by atoms with van der Waals surface area (Å²) in [5.41, 5.74) is 7.81. The van der Waals surface area contributed by atoms with Crippen molar-refractivity contribution in [2.45, 2.75) is 45.4 Å². The van der Waals surface area contributed by atoms with Crippen LogP contribution in [0.25, 0.3) is 0 Å². The van der Waals surface area contributed by atoms with E-state index >= 15 is 0 Å². The minimum absolute atomic E-state index is 0.117. The number of nitrogens with two attached hydrogens (primary N) is 1. The molecule has 0 saturated carbocycles. The standard InChI is InChI=1S/C15H22FNO2/c1-3-6-14(16)19-15(18)9-12(10-17)13-8-5-4-7-11(13)2/h4-5,7-8,12,14H,3,6,9-10,17H2,1-2H3. The van der Waals surface area contributed by atoms with Crippen molar-refractivity contribution in [3.8, 4) is 0 Å². The van der Waals surface area contributed by atoms with Crippen LogP contribution in [0.2, 0.25) is 0 Å². The van der Waals surface area contributed by atoms with Gasteiger partial charge in [0.2, 0.25) is 6.36 Å². The number of ether oxygens (including phenoxy) is 1. The van der Waals surface area contributed by atoms with Crippen molar-refractivity contribution in [3.05, 3.63) is 35.4 Å². The number of halogens is 1. The van der Waals surface area contributed by atoms with Gasteiger partial charge in [-0.15, -0.1) is 0 Å². The Morgan fingerprint density at radius 3 is 2.68 bits per heavy atom. The highest BCUT2D eigenvalue weighted by Gasteiger charge is 2.19. The molecule has 0 amide bonds. The van der Waals surface area contributed by atoms with Gasteiger partial charge in [-0.1, -0.05) is 31.2 Å². The number of hydrogen-bond donors (Lipinski definition) is 1. The van der Waals surface area contributed by atoms with Crippen molar-refractivity contribution in [3.63, 3.8) is 0 Å². The zero-order valence-corrected chi connectivity index (χ0v) is 11.6. The molecule has 2 atom stereocenters. The Kier molecular flexibility index (Phi) is 6.50. The summed E-state index contributed by atoms with van der Waals surface area (Å²) < 4.78 is 17.9. The van der Waals surface area contributed by atoms with Crippen LogP contribution in [-0.2, 0) is 9.53 Å². The van der Waals surface area contributed by atoms with Crippen molar-refractivity contribution in [2.24, 2.45) is 5.73 Å². The Balaban J connectivity index is 2.62. The first kappa shape index (κ1) is 15.6. The average Bonchev–Trinajstić information content (AvgIpc) is 2.37. The number of esters is 1. The third-order valence-corrected chi connectivity index (χ3v) is 3.10. The monoisotopic (exact) mass is 267 g/mol. The lowest BCUT2D eigenvalue weighted by Crippen LogP contribution is -2.21. The highest BCUT2D eigenvalue weighted by Crippen LogP contribution is 2.23. The number of rotatable bonds is 7. The number of benzene rings is 1. The maximum Gasteiger partial charge on any atom is 0.308 e. The largest absolute Gasteiger partial charge is 0.431 e. The summed E-state index contributed by atoms with van der Waals surface area (Å²) in [6.07, 6.45) is -0.505. The number of carbonyl (C=O) groups is 1. The van der Waals surface area contributed by atoms with E-state index in [1.807, 2.05) is 38.1 Å². The third-order valence-electron chi connectivity index (χ3n) is 3.10. The van der Waals surface area contributed by atoms with Crippen LogP contribution in [0.15, 0.2) is 24.3 Å². The zero-order valence-electron chi connectivity index (χ0n) is 11.6. The van der Waals surface area contributed by atoms with Gasteiger partial charge in [0.25, 0.3) is 0 Å². The fourth-order valence-corrected chi connectivity index (χ4v) is 2.04. The van der Waals surface area contributed by atoms with Gasteiger partial charge in [-0.25, -0.2) is 4.39 Å². The predicted octanol–water partition coefficient (Wildman–Crippen LogP) is 3.07. The number of alkyl halides is 1. The molecule has 0 bridgehead atoms. The number of hydrogen-bond acceptors (Lipinski definition) is 3. The summed E-state index contributed by atoms with van der Waals surface area (Å²) in [5, 5.41) is 0. The van der Waals surface area contributed by atoms with Crippen LogP contribution in [-0.4, -0.2) is 18.9 Å². The van der Waals surface area contributed by atoms with Gasteiger partial charge >= 0.3 is 5.97 Å². The molecule has 0 heterocycles. The average molecular weight is 267 g/mol. The molecule has 0 saturated heterocycles. The van der Waals surface area contributed by atoms with Crippen LogP contribution in [0, 0.1) is 6.92 Å². The Bertz CT molecular complexity index is 409. The zero-order chi connectivity index (χ0) is 14.3. The molecule has 0 aliphatic heterocycles. The van der Waals surface area contributed by atoms with E-state index in [4.69, 9.17) is 10.5 Å². The van der Waals surface area contributed by atoms with E-state index in [9.17, 15) is 9.18 Å². The van der Waals surface area contributed by atoms with Crippen LogP contribution < -0.4 is 5.73 Å². The Hall–Kier alpha value is -1.42. The first-order valence-electron chi connectivity index (χ1n) is 6.67. The quantitative estimate of drug-likeness (QED) is 0.772. The summed E-state index contributed by atoms with van der Waals surface area (Å²) >= 11 is 0. The molecule has 3 nitrogen and oxygen atoms in total. The highest BCUT2D eigenvalue weighted by molar-refractivity contribution is 5.70. The maximum atomic E-state index is 13.2. The molecular weight excluding hydrogens is 245 g/mol. The maximum absolute atomic E-state index is 13.2. The van der Waals surface area contributed by atoms with Gasteiger partial charge in [-0.2, -0.15) is 0 Å². The molecule has 4 heteroatoms. The molecule has 0 aromatic heterocycles. The van der Waals surface area contributed by atoms with E-state index < -0.39 is 12.3 Å². The first-order chi connectivity index (χ1) is 9.08. The second-order valence-electron chi connectivity index (χ2n) is 4.68. The van der Waals surface area contributed by atoms with E-state index in [0.717, 1.165) is 11.1 Å². The van der Waals surface area contributed by atoms with E-state index in [1.165, 1.54) is 0 Å². The SMILES string of the molecule is CCCC(F)OC(=O)CC(CN)c1ccccc1C. The number of carbonyl (C=O) groups excluding carboxylic acids is 1. The van der Waals surface area contributed by atoms with Crippen molar-refractivity contribution >= 4 is 5.97 Å². The smallest absolute Gasteiger partial charge is 0.308 e. The summed E-state index contributed by atoms with van der Waals surface area (Å²) in [4.78, 5) is 11.7. The lowest BCUT2D eigenvalue weighted by molar-refractivity contribution is -0.158. The Labute approximate surface area is 113 Å². The molecule has 0 radical (unpaired) electrons. The van der Waals surface area contributed by atoms with Crippen LogP contribution in [0.5, 0.6) is 0 Å². The van der Waals surface area contributed by atoms with E-state index in [0.29, 0.717) is 13.0 Å². The molecule has 2 N–H and O–H groups in total. The lowest BCUT2D eigenvalue weighted by Gasteiger charge is -2.17. The second-order valence-corrected chi connectivity index (χ2v) is 4.68. The van der Waals surface area contributed by atoms with E-state index in [1.54, 1.807) is 0 Å². The molecule has 0 aliphatic carbocycles. The fourth-order valence-electron chi connectivity index (χ4n) is 2.04. The van der Waals surface area contributed by atoms with Gasteiger partial charge in [0.15, 0.2) is 0 Å². The normalized spacial score (nSPS) is 13.9. The lowest BCUT2D eigenvalue weighted by atomic mass is 9.92. The summed E-state index contributed by atoms with van der Waals surface area (Å²) in [6, 6.07) is 7.76. The van der Waals surface area contributed by atoms with Gasteiger partial charge in [-0.05, 0) is 31.0 Å². The second kappa shape index (κ2) is 7.89. The Morgan fingerprint density at radius 1 is 1.42 bits per heavy atom. The van der Waals surface area contributed by atoms with Gasteiger partial charge in [0.05, 0.1) is 6.42 Å². The highest BCUT2D eigenvalue weighted by atomic mass is 19.1. The molecule has 19 heavy (non-hydrogen) atoms. The molecule has 0 aliphatic rings. The van der Waals surface area contributed by atoms with Crippen LogP contribution in [0.3, 0.4) is 0 Å². The molecule has 106 valence electrons. The number of aryl methyl sites for hydroxylation is 1. The van der Waals surface area contributed by atoms with Crippen molar-refractivity contribution in [1.82, 2.24) is 0 Å². The fraction of sp³-hybridized carbons (Fsp3) is 0.533. The minimum atomic E-state index is -1.51. The van der Waals surface area contributed by atoms with Crippen LogP contribution >= 0.6 is 0 Å². The minimum Gasteiger partial charge on any atom is -0.431 e. The van der Waals surface area contributed by atoms with Crippen LogP contribution in [0.4, 0.5) is 4.39 Å². The van der Waals surface area contributed by atoms with Crippen molar-refractivity contribution < 1.29 is 13.9 Å². The third kappa shape index (κ3) is 4.99. The van der Waals surface area contributed by atoms with Crippen molar-refractivity contribution in [2.75, 3.05) is 6.54 Å². The van der Waals surface area contributed by atoms with Crippen molar-refractivity contribution in [1.29, 1.82) is 0 Å². The van der Waals surface area contributed by atoms with Gasteiger partial charge in [-0.3, -0.25) is 4.79 Å². The molecular formula is C15H22FNO2. The molecule has 1 aromatic rings. The van der Waals surface area contributed by atoms with E-state index in [-0.39, 0.29) is 18.8 Å². The summed E-state index contributed by atoms with van der Waals surface area (Å²) in [5.74, 6) is -0.651. The van der Waals surface area contributed by atoms with Gasteiger partial charge < -0.3 is 10.5 Å². The predicted molar refractivity (Wildman–Crippen MR) is 73.5 cm³/mol.